The third-order valence-corrected chi connectivity index (χ3v) is 5.71. The van der Waals surface area contributed by atoms with Gasteiger partial charge >= 0.3 is 0 Å². The summed E-state index contributed by atoms with van der Waals surface area (Å²) in [5.74, 6) is 1.42. The standard InChI is InChI=1S/C25H17FN6O3/c1-13-7-14-3-6-19(22(26)16(14)8-13)35-25-23(27-2)24(28-11-29-25)30-21-10-17(31-32-21)15-4-5-18-20(9-15)34-12-33-18/h3-6,8-11H,7,12H2,1H3,(H2,28,29,30,31,32). The average molecular weight is 468 g/mol. The van der Waals surface area contributed by atoms with Gasteiger partial charge in [0, 0.05) is 17.2 Å². The molecule has 172 valence electrons. The molecule has 1 aliphatic carbocycles. The van der Waals surface area contributed by atoms with Gasteiger partial charge in [-0.15, -0.1) is 0 Å². The molecule has 3 heterocycles. The highest BCUT2D eigenvalue weighted by molar-refractivity contribution is 5.76. The van der Waals surface area contributed by atoms with Crippen LogP contribution in [0, 0.1) is 12.4 Å². The number of aromatic amines is 1. The van der Waals surface area contributed by atoms with E-state index in [9.17, 15) is 0 Å². The van der Waals surface area contributed by atoms with Gasteiger partial charge in [0.05, 0.1) is 12.3 Å². The van der Waals surface area contributed by atoms with Crippen molar-refractivity contribution in [1.29, 1.82) is 0 Å². The van der Waals surface area contributed by atoms with Crippen LogP contribution in [0.5, 0.6) is 23.1 Å². The molecule has 0 saturated heterocycles. The Morgan fingerprint density at radius 3 is 2.91 bits per heavy atom. The van der Waals surface area contributed by atoms with Crippen LogP contribution in [0.15, 0.2) is 48.3 Å². The Morgan fingerprint density at radius 1 is 1.14 bits per heavy atom. The number of aromatic nitrogens is 4. The Kier molecular flexibility index (Phi) is 4.81. The second kappa shape index (κ2) is 8.14. The second-order valence-corrected chi connectivity index (χ2v) is 8.07. The lowest BCUT2D eigenvalue weighted by Crippen LogP contribution is -1.99. The van der Waals surface area contributed by atoms with Crippen LogP contribution in [0.2, 0.25) is 0 Å². The smallest absolute Gasteiger partial charge is 0.288 e. The predicted octanol–water partition coefficient (Wildman–Crippen LogP) is 5.78. The van der Waals surface area contributed by atoms with Crippen LogP contribution < -0.4 is 19.5 Å². The quantitative estimate of drug-likeness (QED) is 0.358. The summed E-state index contributed by atoms with van der Waals surface area (Å²) in [6.45, 7) is 9.78. The summed E-state index contributed by atoms with van der Waals surface area (Å²) in [6.07, 6.45) is 3.75. The van der Waals surface area contributed by atoms with E-state index >= 15 is 4.39 Å². The van der Waals surface area contributed by atoms with Gasteiger partial charge < -0.3 is 19.5 Å². The fourth-order valence-corrected chi connectivity index (χ4v) is 4.05. The monoisotopic (exact) mass is 468 g/mol. The summed E-state index contributed by atoms with van der Waals surface area (Å²) in [5, 5.41) is 10.2. The number of nitrogens with zero attached hydrogens (tertiary/aromatic N) is 4. The van der Waals surface area contributed by atoms with E-state index in [1.165, 1.54) is 6.33 Å². The predicted molar refractivity (Wildman–Crippen MR) is 126 cm³/mol. The Balaban J connectivity index is 1.27. The SMILES string of the molecule is [C-]#[N+]c1c(Nc2cc(-c3ccc4c(c3)OCO4)[nH]n2)ncnc1Oc1ccc2c(c1F)C=C(C)C2. The van der Waals surface area contributed by atoms with Crippen molar-refractivity contribution in [3.8, 4) is 34.4 Å². The molecule has 0 fully saturated rings. The minimum Gasteiger partial charge on any atom is -0.454 e. The number of rotatable bonds is 5. The molecule has 2 aromatic heterocycles. The van der Waals surface area contributed by atoms with Crippen molar-refractivity contribution in [3.05, 3.63) is 76.7 Å². The number of H-pyrrole nitrogens is 1. The van der Waals surface area contributed by atoms with E-state index in [1.54, 1.807) is 18.2 Å². The van der Waals surface area contributed by atoms with E-state index in [1.807, 2.05) is 31.2 Å². The molecule has 1 aliphatic heterocycles. The zero-order chi connectivity index (χ0) is 23.9. The first kappa shape index (κ1) is 20.7. The third-order valence-electron chi connectivity index (χ3n) is 5.71. The van der Waals surface area contributed by atoms with E-state index in [2.05, 4.69) is 30.3 Å². The van der Waals surface area contributed by atoms with Gasteiger partial charge in [-0.1, -0.05) is 17.7 Å². The third kappa shape index (κ3) is 3.69. The number of halogens is 1. The highest BCUT2D eigenvalue weighted by Crippen LogP contribution is 2.40. The van der Waals surface area contributed by atoms with Crippen LogP contribution in [0.1, 0.15) is 18.1 Å². The van der Waals surface area contributed by atoms with Crippen molar-refractivity contribution in [2.24, 2.45) is 0 Å². The summed E-state index contributed by atoms with van der Waals surface area (Å²) in [4.78, 5) is 11.7. The molecule has 0 bridgehead atoms. The molecule has 2 aliphatic rings. The lowest BCUT2D eigenvalue weighted by molar-refractivity contribution is 0.174. The lowest BCUT2D eigenvalue weighted by Gasteiger charge is -2.11. The maximum absolute atomic E-state index is 15.0. The molecule has 2 N–H and O–H groups in total. The molecule has 0 unspecified atom stereocenters. The van der Waals surface area contributed by atoms with Gasteiger partial charge in [-0.3, -0.25) is 5.10 Å². The maximum Gasteiger partial charge on any atom is 0.288 e. The molecule has 4 aromatic rings. The van der Waals surface area contributed by atoms with Gasteiger partial charge in [-0.25, -0.2) is 19.2 Å². The number of anilines is 2. The van der Waals surface area contributed by atoms with Gasteiger partial charge in [0.25, 0.3) is 5.69 Å². The zero-order valence-electron chi connectivity index (χ0n) is 18.4. The fourth-order valence-electron chi connectivity index (χ4n) is 4.05. The number of allylic oxidation sites excluding steroid dienone is 1. The van der Waals surface area contributed by atoms with E-state index in [0.29, 0.717) is 29.3 Å². The van der Waals surface area contributed by atoms with E-state index in [0.717, 1.165) is 22.4 Å². The lowest BCUT2D eigenvalue weighted by atomic mass is 10.1. The van der Waals surface area contributed by atoms with Crippen molar-refractivity contribution in [1.82, 2.24) is 20.2 Å². The summed E-state index contributed by atoms with van der Waals surface area (Å²) in [7, 11) is 0. The Labute approximate surface area is 199 Å². The Hall–Kier alpha value is -4.91. The number of fused-ring (bicyclic) bond motifs is 2. The average Bonchev–Trinajstić information content (AvgIpc) is 3.60. The molecule has 0 amide bonds. The fraction of sp³-hybridized carbons (Fsp3) is 0.120. The van der Waals surface area contributed by atoms with Gasteiger partial charge in [0.15, 0.2) is 28.9 Å². The van der Waals surface area contributed by atoms with E-state index in [-0.39, 0.29) is 29.9 Å². The van der Waals surface area contributed by atoms with Gasteiger partial charge in [0.1, 0.15) is 12.1 Å². The summed E-state index contributed by atoms with van der Waals surface area (Å²) < 4.78 is 31.5. The second-order valence-electron chi connectivity index (χ2n) is 8.07. The van der Waals surface area contributed by atoms with Crippen molar-refractivity contribution >= 4 is 23.4 Å². The van der Waals surface area contributed by atoms with Crippen molar-refractivity contribution in [2.45, 2.75) is 13.3 Å². The topological polar surface area (TPSA) is 98.5 Å². The van der Waals surface area contributed by atoms with E-state index < -0.39 is 5.82 Å². The van der Waals surface area contributed by atoms with E-state index in [4.69, 9.17) is 20.8 Å². The highest BCUT2D eigenvalue weighted by atomic mass is 19.1. The molecule has 10 heteroatoms. The van der Waals surface area contributed by atoms with Crippen LogP contribution in [-0.4, -0.2) is 27.0 Å². The largest absolute Gasteiger partial charge is 0.454 e. The maximum atomic E-state index is 15.0. The number of benzene rings is 2. The molecule has 6 rings (SSSR count). The molecule has 0 saturated carbocycles. The first-order chi connectivity index (χ1) is 17.1. The highest BCUT2D eigenvalue weighted by Gasteiger charge is 2.21. The molecule has 0 atom stereocenters. The zero-order valence-corrected chi connectivity index (χ0v) is 18.4. The number of nitrogens with one attached hydrogen (secondary N) is 2. The van der Waals surface area contributed by atoms with Crippen molar-refractivity contribution < 1.29 is 18.6 Å². The molecule has 2 aromatic carbocycles. The molecular weight excluding hydrogens is 451 g/mol. The normalized spacial score (nSPS) is 13.2. The molecular formula is C25H17FN6O3. The minimum absolute atomic E-state index is 0.00545. The molecule has 0 radical (unpaired) electrons. The van der Waals surface area contributed by atoms with Gasteiger partial charge in [0.2, 0.25) is 12.7 Å². The number of hydrogen-bond donors (Lipinski definition) is 2. The van der Waals surface area contributed by atoms with Gasteiger partial charge in [-0.05, 0) is 43.2 Å². The summed E-state index contributed by atoms with van der Waals surface area (Å²) in [6, 6.07) is 10.7. The van der Waals surface area contributed by atoms with Crippen LogP contribution in [0.25, 0.3) is 22.2 Å². The first-order valence-electron chi connectivity index (χ1n) is 10.7. The number of ether oxygens (including phenoxy) is 3. The van der Waals surface area contributed by atoms with Crippen LogP contribution in [-0.2, 0) is 6.42 Å². The van der Waals surface area contributed by atoms with Gasteiger partial charge in [-0.2, -0.15) is 5.10 Å². The van der Waals surface area contributed by atoms with Crippen LogP contribution in [0.4, 0.5) is 21.7 Å². The summed E-state index contributed by atoms with van der Waals surface area (Å²) in [5.41, 5.74) is 4.06. The van der Waals surface area contributed by atoms with Crippen LogP contribution >= 0.6 is 0 Å². The summed E-state index contributed by atoms with van der Waals surface area (Å²) >= 11 is 0. The van der Waals surface area contributed by atoms with Crippen LogP contribution in [0.3, 0.4) is 0 Å². The van der Waals surface area contributed by atoms with Crippen molar-refractivity contribution in [2.75, 3.05) is 12.1 Å². The minimum atomic E-state index is -0.482. The Bertz CT molecular complexity index is 1560. The Morgan fingerprint density at radius 2 is 2.03 bits per heavy atom. The number of hydrogen-bond acceptors (Lipinski definition) is 7. The molecule has 9 nitrogen and oxygen atoms in total. The molecule has 0 spiro atoms. The molecule has 35 heavy (non-hydrogen) atoms. The van der Waals surface area contributed by atoms with Crippen molar-refractivity contribution in [3.63, 3.8) is 0 Å². The first-order valence-corrected chi connectivity index (χ1v) is 10.7.